The van der Waals surface area contributed by atoms with Gasteiger partial charge in [-0.15, -0.1) is 11.3 Å². The molecule has 0 fully saturated rings. The van der Waals surface area contributed by atoms with Crippen LogP contribution in [0.4, 0.5) is 0 Å². The van der Waals surface area contributed by atoms with Gasteiger partial charge in [0.1, 0.15) is 10.0 Å². The van der Waals surface area contributed by atoms with Gasteiger partial charge < -0.3 is 0 Å². The molecular weight excluding hydrogens is 315 g/mol. The number of rotatable bonds is 3. The number of hydrogen-bond donors (Lipinski definition) is 0. The van der Waals surface area contributed by atoms with E-state index in [1.807, 2.05) is 30.3 Å². The first-order valence-electron chi connectivity index (χ1n) is 5.74. The standard InChI is InChI=1S/C14H8Cl2N2OS/c15-12-6-11(14(16)20-12)13-9(8-19)7-18(17-13)10-4-2-1-3-5-10/h1-8H. The zero-order chi connectivity index (χ0) is 14.1. The van der Waals surface area contributed by atoms with Crippen LogP contribution in [0.1, 0.15) is 10.4 Å². The quantitative estimate of drug-likeness (QED) is 0.654. The molecule has 0 amide bonds. The number of thiophene rings is 1. The van der Waals surface area contributed by atoms with Crippen LogP contribution in [0, 0.1) is 0 Å². The average molecular weight is 323 g/mol. The van der Waals surface area contributed by atoms with Gasteiger partial charge in [-0.3, -0.25) is 4.79 Å². The van der Waals surface area contributed by atoms with Gasteiger partial charge in [0.2, 0.25) is 0 Å². The molecule has 2 aromatic heterocycles. The minimum atomic E-state index is 0.477. The Bertz CT molecular complexity index is 765. The van der Waals surface area contributed by atoms with Crippen molar-refractivity contribution in [2.45, 2.75) is 0 Å². The second-order valence-corrected chi connectivity index (χ2v) is 6.35. The summed E-state index contributed by atoms with van der Waals surface area (Å²) in [5.74, 6) is 0. The molecular formula is C14H8Cl2N2OS. The average Bonchev–Trinajstić information content (AvgIpc) is 3.02. The Morgan fingerprint density at radius 3 is 2.55 bits per heavy atom. The Balaban J connectivity index is 2.15. The SMILES string of the molecule is O=Cc1cn(-c2ccccc2)nc1-c1cc(Cl)sc1Cl. The largest absolute Gasteiger partial charge is 0.298 e. The highest BCUT2D eigenvalue weighted by Crippen LogP contribution is 2.38. The van der Waals surface area contributed by atoms with Gasteiger partial charge in [0.15, 0.2) is 6.29 Å². The normalized spacial score (nSPS) is 10.7. The molecule has 3 aromatic rings. The Morgan fingerprint density at radius 2 is 1.95 bits per heavy atom. The van der Waals surface area contributed by atoms with Crippen LogP contribution < -0.4 is 0 Å². The molecule has 0 saturated carbocycles. The van der Waals surface area contributed by atoms with Crippen molar-refractivity contribution in [2.24, 2.45) is 0 Å². The van der Waals surface area contributed by atoms with Crippen LogP contribution in [0.5, 0.6) is 0 Å². The van der Waals surface area contributed by atoms with Crippen LogP contribution >= 0.6 is 34.5 Å². The lowest BCUT2D eigenvalue weighted by Crippen LogP contribution is -1.93. The van der Waals surface area contributed by atoms with Crippen LogP contribution in [0.15, 0.2) is 42.6 Å². The maximum absolute atomic E-state index is 11.2. The molecule has 0 atom stereocenters. The van der Waals surface area contributed by atoms with Crippen LogP contribution in [-0.4, -0.2) is 16.1 Å². The van der Waals surface area contributed by atoms with Crippen molar-refractivity contribution < 1.29 is 4.79 Å². The number of aldehydes is 1. The number of halogens is 2. The zero-order valence-corrected chi connectivity index (χ0v) is 12.4. The molecule has 1 aromatic carbocycles. The highest BCUT2D eigenvalue weighted by Gasteiger charge is 2.16. The van der Waals surface area contributed by atoms with Crippen molar-refractivity contribution in [2.75, 3.05) is 0 Å². The summed E-state index contributed by atoms with van der Waals surface area (Å²) >= 11 is 13.3. The fourth-order valence-corrected chi connectivity index (χ4v) is 3.36. The lowest BCUT2D eigenvalue weighted by Gasteiger charge is -1.99. The monoisotopic (exact) mass is 322 g/mol. The van der Waals surface area contributed by atoms with E-state index in [1.54, 1.807) is 16.9 Å². The lowest BCUT2D eigenvalue weighted by atomic mass is 10.2. The molecule has 0 aliphatic carbocycles. The van der Waals surface area contributed by atoms with Crippen LogP contribution in [0.2, 0.25) is 8.67 Å². The van der Waals surface area contributed by atoms with E-state index in [0.717, 1.165) is 12.0 Å². The predicted octanol–water partition coefficient (Wildman–Crippen LogP) is 4.72. The molecule has 2 heterocycles. The maximum atomic E-state index is 11.2. The van der Waals surface area contributed by atoms with Crippen LogP contribution in [-0.2, 0) is 0 Å². The van der Waals surface area contributed by atoms with Crippen molar-refractivity contribution in [3.8, 4) is 16.9 Å². The molecule has 0 unspecified atom stereocenters. The van der Waals surface area contributed by atoms with E-state index < -0.39 is 0 Å². The second-order valence-electron chi connectivity index (χ2n) is 4.07. The van der Waals surface area contributed by atoms with Gasteiger partial charge in [-0.25, -0.2) is 4.68 Å². The third kappa shape index (κ3) is 2.38. The number of aromatic nitrogens is 2. The summed E-state index contributed by atoms with van der Waals surface area (Å²) in [6, 6.07) is 11.3. The van der Waals surface area contributed by atoms with Gasteiger partial charge in [-0.05, 0) is 18.2 Å². The maximum Gasteiger partial charge on any atom is 0.153 e. The summed E-state index contributed by atoms with van der Waals surface area (Å²) in [5.41, 5.74) is 2.57. The van der Waals surface area contributed by atoms with E-state index in [1.165, 1.54) is 11.3 Å². The number of benzene rings is 1. The zero-order valence-electron chi connectivity index (χ0n) is 10.1. The summed E-state index contributed by atoms with van der Waals surface area (Å²) in [6.07, 6.45) is 2.45. The van der Waals surface area contributed by atoms with Crippen molar-refractivity contribution in [1.82, 2.24) is 9.78 Å². The first-order chi connectivity index (χ1) is 9.69. The van der Waals surface area contributed by atoms with Crippen molar-refractivity contribution in [3.05, 3.63) is 56.8 Å². The number of para-hydroxylation sites is 1. The first kappa shape index (κ1) is 13.4. The highest BCUT2D eigenvalue weighted by molar-refractivity contribution is 7.20. The van der Waals surface area contributed by atoms with Crippen LogP contribution in [0.25, 0.3) is 16.9 Å². The summed E-state index contributed by atoms with van der Waals surface area (Å²) in [5, 5.41) is 4.44. The van der Waals surface area contributed by atoms with Gasteiger partial charge in [0.25, 0.3) is 0 Å². The number of carbonyl (C=O) groups excluding carboxylic acids is 1. The van der Waals surface area contributed by atoms with E-state index >= 15 is 0 Å². The summed E-state index contributed by atoms with van der Waals surface area (Å²) in [6.45, 7) is 0. The molecule has 0 saturated heterocycles. The number of hydrogen-bond acceptors (Lipinski definition) is 3. The fraction of sp³-hybridized carbons (Fsp3) is 0. The third-order valence-electron chi connectivity index (χ3n) is 2.80. The molecule has 0 spiro atoms. The predicted molar refractivity (Wildman–Crippen MR) is 82.3 cm³/mol. The smallest absolute Gasteiger partial charge is 0.153 e. The van der Waals surface area contributed by atoms with E-state index in [2.05, 4.69) is 5.10 Å². The van der Waals surface area contributed by atoms with Gasteiger partial charge in [-0.2, -0.15) is 5.10 Å². The topological polar surface area (TPSA) is 34.9 Å². The molecule has 0 aliphatic rings. The molecule has 3 rings (SSSR count). The fourth-order valence-electron chi connectivity index (χ4n) is 1.90. The molecule has 0 aliphatic heterocycles. The van der Waals surface area contributed by atoms with Crippen molar-refractivity contribution in [1.29, 1.82) is 0 Å². The number of carbonyl (C=O) groups is 1. The molecule has 100 valence electrons. The van der Waals surface area contributed by atoms with Gasteiger partial charge in [0.05, 0.1) is 15.6 Å². The molecule has 6 heteroatoms. The summed E-state index contributed by atoms with van der Waals surface area (Å²) < 4.78 is 2.74. The number of nitrogens with zero attached hydrogens (tertiary/aromatic N) is 2. The third-order valence-corrected chi connectivity index (χ3v) is 4.29. The molecule has 0 radical (unpaired) electrons. The molecule has 0 N–H and O–H groups in total. The first-order valence-corrected chi connectivity index (χ1v) is 7.32. The van der Waals surface area contributed by atoms with Gasteiger partial charge in [0, 0.05) is 11.8 Å². The Kier molecular flexibility index (Phi) is 3.61. The minimum absolute atomic E-state index is 0.477. The van der Waals surface area contributed by atoms with Crippen molar-refractivity contribution in [3.63, 3.8) is 0 Å². The molecule has 20 heavy (non-hydrogen) atoms. The second kappa shape index (κ2) is 5.40. The van der Waals surface area contributed by atoms with Crippen molar-refractivity contribution >= 4 is 40.8 Å². The van der Waals surface area contributed by atoms with E-state index in [-0.39, 0.29) is 0 Å². The van der Waals surface area contributed by atoms with E-state index in [9.17, 15) is 4.79 Å². The Labute approximate surface area is 129 Å². The molecule has 3 nitrogen and oxygen atoms in total. The minimum Gasteiger partial charge on any atom is -0.298 e. The lowest BCUT2D eigenvalue weighted by molar-refractivity contribution is 0.112. The van der Waals surface area contributed by atoms with E-state index in [0.29, 0.717) is 25.5 Å². The molecule has 0 bridgehead atoms. The summed E-state index contributed by atoms with van der Waals surface area (Å²) in [7, 11) is 0. The van der Waals surface area contributed by atoms with Gasteiger partial charge in [-0.1, -0.05) is 41.4 Å². The Hall–Kier alpha value is -1.62. The summed E-state index contributed by atoms with van der Waals surface area (Å²) in [4.78, 5) is 11.2. The highest BCUT2D eigenvalue weighted by atomic mass is 35.5. The van der Waals surface area contributed by atoms with E-state index in [4.69, 9.17) is 23.2 Å². The van der Waals surface area contributed by atoms with Crippen LogP contribution in [0.3, 0.4) is 0 Å². The Morgan fingerprint density at radius 1 is 1.20 bits per heavy atom. The van der Waals surface area contributed by atoms with Gasteiger partial charge >= 0.3 is 0 Å².